The van der Waals surface area contributed by atoms with Crippen molar-refractivity contribution >= 4 is 33.9 Å². The topological polar surface area (TPSA) is 130 Å². The predicted octanol–water partition coefficient (Wildman–Crippen LogP) is 2.93. The predicted molar refractivity (Wildman–Crippen MR) is 95.5 cm³/mol. The Hall–Kier alpha value is -3.47. The fourth-order valence-corrected chi connectivity index (χ4v) is 3.27. The minimum atomic E-state index is -0.602. The largest absolute Gasteiger partial charge is 0.464 e. The van der Waals surface area contributed by atoms with Crippen molar-refractivity contribution in [1.29, 1.82) is 0 Å². The number of carbonyl (C=O) groups is 2. The van der Waals surface area contributed by atoms with E-state index in [4.69, 9.17) is 9.15 Å². The number of hydrogen-bond acceptors (Lipinski definition) is 8. The van der Waals surface area contributed by atoms with Gasteiger partial charge in [0.25, 0.3) is 0 Å². The summed E-state index contributed by atoms with van der Waals surface area (Å²) in [4.78, 5) is 34.7. The smallest absolute Gasteiger partial charge is 0.341 e. The Morgan fingerprint density at radius 1 is 1.48 bits per heavy atom. The third-order valence-electron chi connectivity index (χ3n) is 3.45. The van der Waals surface area contributed by atoms with Crippen molar-refractivity contribution in [2.75, 3.05) is 11.9 Å². The maximum Gasteiger partial charge on any atom is 0.341 e. The number of esters is 1. The van der Waals surface area contributed by atoms with Crippen LogP contribution in [0.3, 0.4) is 0 Å². The molecule has 11 heteroatoms. The second-order valence-electron chi connectivity index (χ2n) is 5.25. The van der Waals surface area contributed by atoms with Crippen LogP contribution in [0.1, 0.15) is 17.3 Å². The fourth-order valence-electron chi connectivity index (χ4n) is 2.32. The molecule has 0 fully saturated rings. The minimum Gasteiger partial charge on any atom is -0.464 e. The van der Waals surface area contributed by atoms with Crippen LogP contribution in [0.25, 0.3) is 11.3 Å². The van der Waals surface area contributed by atoms with Gasteiger partial charge in [-0.15, -0.1) is 11.3 Å². The molecular weight excluding hydrogens is 376 g/mol. The molecule has 0 spiro atoms. The lowest BCUT2D eigenvalue weighted by molar-refractivity contribution is -0.385. The molecule has 140 valence electrons. The SMILES string of the molecule is CCOC(=O)c1c(-c2ccco2)csc1NC(=O)Cn1cc([N+](=O)[O-])cn1. The van der Waals surface area contributed by atoms with Crippen LogP contribution in [-0.2, 0) is 16.1 Å². The summed E-state index contributed by atoms with van der Waals surface area (Å²) < 4.78 is 11.6. The number of furan rings is 1. The summed E-state index contributed by atoms with van der Waals surface area (Å²) in [6, 6.07) is 3.38. The van der Waals surface area contributed by atoms with Gasteiger partial charge < -0.3 is 14.5 Å². The summed E-state index contributed by atoms with van der Waals surface area (Å²) in [7, 11) is 0. The molecular formula is C16H14N4O6S. The number of anilines is 1. The first-order valence-electron chi connectivity index (χ1n) is 7.78. The molecule has 0 radical (unpaired) electrons. The Bertz CT molecular complexity index is 975. The van der Waals surface area contributed by atoms with Gasteiger partial charge in [-0.1, -0.05) is 0 Å². The van der Waals surface area contributed by atoms with E-state index in [0.29, 0.717) is 16.3 Å². The van der Waals surface area contributed by atoms with E-state index in [2.05, 4.69) is 10.4 Å². The van der Waals surface area contributed by atoms with Crippen LogP contribution in [0.4, 0.5) is 10.7 Å². The molecule has 3 aromatic heterocycles. The first-order chi connectivity index (χ1) is 13.0. The van der Waals surface area contributed by atoms with E-state index in [-0.39, 0.29) is 24.4 Å². The van der Waals surface area contributed by atoms with E-state index < -0.39 is 16.8 Å². The molecule has 0 bridgehead atoms. The number of thiophene rings is 1. The number of hydrogen-bond donors (Lipinski definition) is 1. The molecule has 3 heterocycles. The molecule has 0 unspecified atom stereocenters. The molecule has 0 aliphatic heterocycles. The summed E-state index contributed by atoms with van der Waals surface area (Å²) in [5, 5.41) is 19.0. The summed E-state index contributed by atoms with van der Waals surface area (Å²) in [6.45, 7) is 1.61. The lowest BCUT2D eigenvalue weighted by atomic mass is 10.1. The third kappa shape index (κ3) is 4.03. The average Bonchev–Trinajstić information content (AvgIpc) is 3.35. The average molecular weight is 390 g/mol. The first kappa shape index (κ1) is 18.3. The minimum absolute atomic E-state index is 0.177. The summed E-state index contributed by atoms with van der Waals surface area (Å²) in [6.07, 6.45) is 3.68. The van der Waals surface area contributed by atoms with Gasteiger partial charge in [-0.25, -0.2) is 4.79 Å². The highest BCUT2D eigenvalue weighted by Crippen LogP contribution is 2.36. The van der Waals surface area contributed by atoms with Gasteiger partial charge in [-0.3, -0.25) is 19.6 Å². The van der Waals surface area contributed by atoms with Crippen molar-refractivity contribution in [3.8, 4) is 11.3 Å². The van der Waals surface area contributed by atoms with Crippen LogP contribution in [-0.4, -0.2) is 33.2 Å². The standard InChI is InChI=1S/C16H14N4O6S/c1-2-25-16(22)14-11(12-4-3-5-26-12)9-27-15(14)18-13(21)8-19-7-10(6-17-19)20(23)24/h3-7,9H,2,8H2,1H3,(H,18,21). The number of nitrogens with one attached hydrogen (secondary N) is 1. The zero-order chi connectivity index (χ0) is 19.4. The Balaban J connectivity index is 1.82. The molecule has 1 N–H and O–H groups in total. The summed E-state index contributed by atoms with van der Waals surface area (Å²) in [5.74, 6) is -0.612. The normalized spacial score (nSPS) is 10.6. The number of rotatable bonds is 7. The third-order valence-corrected chi connectivity index (χ3v) is 4.34. The maximum absolute atomic E-state index is 12.4. The van der Waals surface area contributed by atoms with Crippen LogP contribution in [0, 0.1) is 10.1 Å². The Kier molecular flexibility index (Phi) is 5.31. The van der Waals surface area contributed by atoms with E-state index >= 15 is 0 Å². The van der Waals surface area contributed by atoms with Crippen LogP contribution in [0.15, 0.2) is 40.6 Å². The number of ether oxygens (including phenoxy) is 1. The molecule has 0 aromatic carbocycles. The van der Waals surface area contributed by atoms with Gasteiger partial charge in [0.15, 0.2) is 0 Å². The van der Waals surface area contributed by atoms with E-state index in [9.17, 15) is 19.7 Å². The van der Waals surface area contributed by atoms with Crippen molar-refractivity contribution in [3.63, 3.8) is 0 Å². The second kappa shape index (κ2) is 7.83. The second-order valence-corrected chi connectivity index (χ2v) is 6.13. The quantitative estimate of drug-likeness (QED) is 0.373. The lowest BCUT2D eigenvalue weighted by Gasteiger charge is -2.08. The van der Waals surface area contributed by atoms with Crippen LogP contribution in [0.2, 0.25) is 0 Å². The number of aromatic nitrogens is 2. The van der Waals surface area contributed by atoms with Gasteiger partial charge in [-0.2, -0.15) is 5.10 Å². The molecule has 10 nitrogen and oxygen atoms in total. The van der Waals surface area contributed by atoms with E-state index in [1.54, 1.807) is 24.4 Å². The van der Waals surface area contributed by atoms with Crippen molar-refractivity contribution in [2.24, 2.45) is 0 Å². The Labute approximate surface area is 156 Å². The monoisotopic (exact) mass is 390 g/mol. The van der Waals surface area contributed by atoms with Gasteiger partial charge in [0.05, 0.1) is 17.8 Å². The van der Waals surface area contributed by atoms with Crippen molar-refractivity contribution in [3.05, 3.63) is 51.8 Å². The lowest BCUT2D eigenvalue weighted by Crippen LogP contribution is -2.20. The molecule has 0 aliphatic rings. The fraction of sp³-hybridized carbons (Fsp3) is 0.188. The molecule has 27 heavy (non-hydrogen) atoms. The van der Waals surface area contributed by atoms with E-state index in [0.717, 1.165) is 28.4 Å². The van der Waals surface area contributed by atoms with Crippen molar-refractivity contribution in [2.45, 2.75) is 13.5 Å². The zero-order valence-corrected chi connectivity index (χ0v) is 14.9. The first-order valence-corrected chi connectivity index (χ1v) is 8.66. The van der Waals surface area contributed by atoms with Gasteiger partial charge in [0.1, 0.15) is 35.3 Å². The van der Waals surface area contributed by atoms with Crippen molar-refractivity contribution < 1.29 is 23.7 Å². The van der Waals surface area contributed by atoms with Crippen molar-refractivity contribution in [1.82, 2.24) is 9.78 Å². The molecule has 0 saturated heterocycles. The van der Waals surface area contributed by atoms with E-state index in [1.807, 2.05) is 0 Å². The van der Waals surface area contributed by atoms with Gasteiger partial charge in [-0.05, 0) is 19.1 Å². The highest BCUT2D eigenvalue weighted by atomic mass is 32.1. The summed E-state index contributed by atoms with van der Waals surface area (Å²) in [5.41, 5.74) is 0.483. The number of nitro groups is 1. The maximum atomic E-state index is 12.4. The molecule has 3 aromatic rings. The van der Waals surface area contributed by atoms with Gasteiger partial charge >= 0.3 is 11.7 Å². The van der Waals surface area contributed by atoms with Gasteiger partial charge in [0.2, 0.25) is 5.91 Å². The van der Waals surface area contributed by atoms with Crippen LogP contribution >= 0.6 is 11.3 Å². The van der Waals surface area contributed by atoms with Crippen LogP contribution in [0.5, 0.6) is 0 Å². The van der Waals surface area contributed by atoms with Crippen LogP contribution < -0.4 is 5.32 Å². The zero-order valence-electron chi connectivity index (χ0n) is 14.1. The molecule has 0 aliphatic carbocycles. The highest BCUT2D eigenvalue weighted by molar-refractivity contribution is 7.15. The summed E-state index contributed by atoms with van der Waals surface area (Å²) >= 11 is 1.15. The Morgan fingerprint density at radius 2 is 2.30 bits per heavy atom. The number of nitrogens with zero attached hydrogens (tertiary/aromatic N) is 3. The molecule has 3 rings (SSSR count). The molecule has 0 saturated carbocycles. The highest BCUT2D eigenvalue weighted by Gasteiger charge is 2.24. The molecule has 1 amide bonds. The molecule has 0 atom stereocenters. The van der Waals surface area contributed by atoms with E-state index in [1.165, 1.54) is 6.26 Å². The Morgan fingerprint density at radius 3 is 2.93 bits per heavy atom. The van der Waals surface area contributed by atoms with Gasteiger partial charge in [0, 0.05) is 10.9 Å². The number of carbonyl (C=O) groups excluding carboxylic acids is 2. The number of amides is 1.